The Kier molecular flexibility index (Phi) is 4.80. The molecule has 164 valence electrons. The summed E-state index contributed by atoms with van der Waals surface area (Å²) < 4.78 is 2.07. The maximum atomic E-state index is 12.8. The van der Waals surface area contributed by atoms with Gasteiger partial charge in [-0.2, -0.15) is 0 Å². The van der Waals surface area contributed by atoms with Gasteiger partial charge in [0.1, 0.15) is 0 Å². The highest BCUT2D eigenvalue weighted by atomic mass is 32.1. The second-order valence-corrected chi connectivity index (χ2v) is 9.13. The van der Waals surface area contributed by atoms with E-state index in [4.69, 9.17) is 4.98 Å². The zero-order valence-electron chi connectivity index (χ0n) is 18.2. The van der Waals surface area contributed by atoms with Crippen LogP contribution in [0.4, 0.5) is 5.95 Å². The highest BCUT2D eigenvalue weighted by molar-refractivity contribution is 7.12. The summed E-state index contributed by atoms with van der Waals surface area (Å²) in [5, 5.41) is 12.1. The Morgan fingerprint density at radius 2 is 1.70 bits per heavy atom. The van der Waals surface area contributed by atoms with Crippen molar-refractivity contribution in [2.24, 2.45) is 0 Å². The molecule has 6 rings (SSSR count). The average Bonchev–Trinajstić information content (AvgIpc) is 3.55. The van der Waals surface area contributed by atoms with Gasteiger partial charge in [0.2, 0.25) is 5.95 Å². The second kappa shape index (κ2) is 7.97. The molecule has 0 atom stereocenters. The van der Waals surface area contributed by atoms with E-state index in [2.05, 4.69) is 38.6 Å². The topological polar surface area (TPSA) is 66.6 Å². The lowest BCUT2D eigenvalue weighted by atomic mass is 10.1. The molecule has 3 aromatic heterocycles. The minimum absolute atomic E-state index is 0.103. The summed E-state index contributed by atoms with van der Waals surface area (Å²) in [4.78, 5) is 22.8. The summed E-state index contributed by atoms with van der Waals surface area (Å²) >= 11 is 1.49. The molecule has 1 fully saturated rings. The highest BCUT2D eigenvalue weighted by Crippen LogP contribution is 2.30. The average molecular weight is 455 g/mol. The van der Waals surface area contributed by atoms with Gasteiger partial charge in [0.15, 0.2) is 11.5 Å². The molecule has 2 aromatic carbocycles. The van der Waals surface area contributed by atoms with Crippen molar-refractivity contribution in [3.05, 3.63) is 76.5 Å². The molecule has 1 amide bonds. The van der Waals surface area contributed by atoms with Gasteiger partial charge < -0.3 is 9.80 Å². The zero-order chi connectivity index (χ0) is 22.4. The van der Waals surface area contributed by atoms with E-state index in [0.29, 0.717) is 26.2 Å². The van der Waals surface area contributed by atoms with E-state index in [9.17, 15) is 4.79 Å². The van der Waals surface area contributed by atoms with Crippen molar-refractivity contribution in [2.75, 3.05) is 31.1 Å². The number of carbonyl (C=O) groups excluding carboxylic acids is 1. The van der Waals surface area contributed by atoms with Crippen LogP contribution in [0.3, 0.4) is 0 Å². The third kappa shape index (κ3) is 3.34. The fourth-order valence-electron chi connectivity index (χ4n) is 4.44. The van der Waals surface area contributed by atoms with E-state index < -0.39 is 0 Å². The first-order valence-corrected chi connectivity index (χ1v) is 11.9. The molecule has 8 heteroatoms. The van der Waals surface area contributed by atoms with Crippen molar-refractivity contribution in [1.82, 2.24) is 24.5 Å². The van der Waals surface area contributed by atoms with E-state index in [1.54, 1.807) is 0 Å². The molecule has 4 heterocycles. The third-order valence-corrected chi connectivity index (χ3v) is 7.05. The molecule has 1 saturated heterocycles. The number of rotatable bonds is 3. The number of fused-ring (bicyclic) bond motifs is 3. The number of benzene rings is 2. The first kappa shape index (κ1) is 19.9. The smallest absolute Gasteiger partial charge is 0.264 e. The van der Waals surface area contributed by atoms with Crippen molar-refractivity contribution >= 4 is 39.7 Å². The predicted molar refractivity (Wildman–Crippen MR) is 131 cm³/mol. The SMILES string of the molecule is Cc1ccccc1-c1nnc2c3ccccc3nc(N3CCN(C(=O)c4cccs4)CC3)n12. The van der Waals surface area contributed by atoms with Gasteiger partial charge in [-0.05, 0) is 36.1 Å². The van der Waals surface area contributed by atoms with Gasteiger partial charge in [0, 0.05) is 37.1 Å². The molecule has 0 spiro atoms. The second-order valence-electron chi connectivity index (χ2n) is 8.18. The van der Waals surface area contributed by atoms with Crippen molar-refractivity contribution in [1.29, 1.82) is 0 Å². The predicted octanol–water partition coefficient (Wildman–Crippen LogP) is 4.28. The summed E-state index contributed by atoms with van der Waals surface area (Å²) in [6.07, 6.45) is 0. The molecule has 0 saturated carbocycles. The van der Waals surface area contributed by atoms with Gasteiger partial charge in [0.05, 0.1) is 10.4 Å². The van der Waals surface area contributed by atoms with E-state index in [0.717, 1.165) is 44.3 Å². The minimum Gasteiger partial charge on any atom is -0.338 e. The first-order valence-electron chi connectivity index (χ1n) is 11.0. The Bertz CT molecular complexity index is 1470. The number of para-hydroxylation sites is 1. The van der Waals surface area contributed by atoms with Gasteiger partial charge >= 0.3 is 0 Å². The molecular weight excluding hydrogens is 432 g/mol. The van der Waals surface area contributed by atoms with E-state index in [-0.39, 0.29) is 5.91 Å². The maximum Gasteiger partial charge on any atom is 0.264 e. The number of nitrogens with zero attached hydrogens (tertiary/aromatic N) is 6. The Hall–Kier alpha value is -3.78. The number of piperazine rings is 1. The Morgan fingerprint density at radius 1 is 0.909 bits per heavy atom. The lowest BCUT2D eigenvalue weighted by Gasteiger charge is -2.35. The van der Waals surface area contributed by atoms with Crippen LogP contribution in [-0.4, -0.2) is 56.6 Å². The molecule has 0 N–H and O–H groups in total. The van der Waals surface area contributed by atoms with Crippen LogP contribution in [-0.2, 0) is 0 Å². The van der Waals surface area contributed by atoms with Crippen LogP contribution in [0.2, 0.25) is 0 Å². The summed E-state index contributed by atoms with van der Waals surface area (Å²) in [6.45, 7) is 4.77. The van der Waals surface area contributed by atoms with Gasteiger partial charge in [0.25, 0.3) is 5.91 Å². The molecule has 1 aliphatic rings. The number of hydrogen-bond donors (Lipinski definition) is 0. The number of aromatic nitrogens is 4. The standard InChI is InChI=1S/C25H22N6OS/c1-17-7-2-3-8-18(17)22-27-28-23-19-9-4-5-10-20(19)26-25(31(22)23)30-14-12-29(13-15-30)24(32)21-11-6-16-33-21/h2-11,16H,12-15H2,1H3. The van der Waals surface area contributed by atoms with Crippen LogP contribution in [0.15, 0.2) is 66.0 Å². The number of amides is 1. The van der Waals surface area contributed by atoms with Crippen LogP contribution in [0.25, 0.3) is 27.9 Å². The van der Waals surface area contributed by atoms with E-state index in [1.807, 2.05) is 58.8 Å². The quantitative estimate of drug-likeness (QED) is 0.407. The van der Waals surface area contributed by atoms with Crippen LogP contribution in [0.5, 0.6) is 0 Å². The first-order chi connectivity index (χ1) is 16.2. The molecule has 7 nitrogen and oxygen atoms in total. The summed E-state index contributed by atoms with van der Waals surface area (Å²) in [5.74, 6) is 1.70. The van der Waals surface area contributed by atoms with Gasteiger partial charge in [-0.15, -0.1) is 21.5 Å². The maximum absolute atomic E-state index is 12.8. The zero-order valence-corrected chi connectivity index (χ0v) is 19.0. The molecule has 0 aliphatic carbocycles. The van der Waals surface area contributed by atoms with Crippen LogP contribution in [0.1, 0.15) is 15.2 Å². The molecule has 0 bridgehead atoms. The fraction of sp³-hybridized carbons (Fsp3) is 0.200. The van der Waals surface area contributed by atoms with Crippen LogP contribution in [0, 0.1) is 6.92 Å². The molecular formula is C25H22N6OS. The fourth-order valence-corrected chi connectivity index (χ4v) is 5.13. The summed E-state index contributed by atoms with van der Waals surface area (Å²) in [5.41, 5.74) is 3.86. The molecule has 1 aliphatic heterocycles. The van der Waals surface area contributed by atoms with Gasteiger partial charge in [-0.3, -0.25) is 4.79 Å². The Balaban J connectivity index is 1.43. The van der Waals surface area contributed by atoms with Gasteiger partial charge in [-0.25, -0.2) is 9.38 Å². The van der Waals surface area contributed by atoms with Crippen LogP contribution >= 0.6 is 11.3 Å². The lowest BCUT2D eigenvalue weighted by Crippen LogP contribution is -2.49. The Morgan fingerprint density at radius 3 is 2.48 bits per heavy atom. The molecule has 5 aromatic rings. The minimum atomic E-state index is 0.103. The number of hydrogen-bond acceptors (Lipinski definition) is 6. The van der Waals surface area contributed by atoms with Crippen LogP contribution < -0.4 is 4.90 Å². The normalized spacial score (nSPS) is 14.3. The lowest BCUT2D eigenvalue weighted by molar-refractivity contribution is 0.0751. The molecule has 0 radical (unpaired) electrons. The largest absolute Gasteiger partial charge is 0.338 e. The van der Waals surface area contributed by atoms with Crippen molar-refractivity contribution in [2.45, 2.75) is 6.92 Å². The molecule has 33 heavy (non-hydrogen) atoms. The van der Waals surface area contributed by atoms with E-state index in [1.165, 1.54) is 11.3 Å². The monoisotopic (exact) mass is 454 g/mol. The van der Waals surface area contributed by atoms with Gasteiger partial charge in [-0.1, -0.05) is 42.5 Å². The van der Waals surface area contributed by atoms with E-state index >= 15 is 0 Å². The molecule has 0 unspecified atom stereocenters. The summed E-state index contributed by atoms with van der Waals surface area (Å²) in [6, 6.07) is 20.1. The van der Waals surface area contributed by atoms with Crippen molar-refractivity contribution in [3.8, 4) is 11.4 Å². The number of aryl methyl sites for hydroxylation is 1. The Labute approximate surface area is 194 Å². The highest BCUT2D eigenvalue weighted by Gasteiger charge is 2.27. The summed E-state index contributed by atoms with van der Waals surface area (Å²) in [7, 11) is 0. The number of thiophene rings is 1. The third-order valence-electron chi connectivity index (χ3n) is 6.20. The number of carbonyl (C=O) groups is 1. The van der Waals surface area contributed by atoms with Crippen molar-refractivity contribution < 1.29 is 4.79 Å². The number of anilines is 1. The van der Waals surface area contributed by atoms with Crippen molar-refractivity contribution in [3.63, 3.8) is 0 Å².